The van der Waals surface area contributed by atoms with Gasteiger partial charge in [0.25, 0.3) is 11.3 Å². The summed E-state index contributed by atoms with van der Waals surface area (Å²) in [5, 5.41) is 0. The molecule has 4 N–H and O–H groups in total. The second-order valence-electron chi connectivity index (χ2n) is 2.36. The number of nitrogens with two attached hydrogens (primary N) is 1. The fourth-order valence-corrected chi connectivity index (χ4v) is 1.21. The molecule has 6 heteroatoms. The molecule has 0 aliphatic heterocycles. The van der Waals surface area contributed by atoms with Crippen LogP contribution in [0.15, 0.2) is 18.2 Å². The molecular formula is C7H9FN2O2S. The number of rotatable bonds is 3. The molecule has 13 heavy (non-hydrogen) atoms. The molecule has 4 nitrogen and oxygen atoms in total. The van der Waals surface area contributed by atoms with Gasteiger partial charge in [-0.25, -0.2) is 8.60 Å². The topological polar surface area (TPSA) is 75.3 Å². The Kier molecular flexibility index (Phi) is 3.35. The van der Waals surface area contributed by atoms with E-state index in [4.69, 9.17) is 10.3 Å². The van der Waals surface area contributed by atoms with E-state index in [-0.39, 0.29) is 12.2 Å². The highest BCUT2D eigenvalue weighted by atomic mass is 32.2. The maximum Gasteiger partial charge on any atom is 0.259 e. The summed E-state index contributed by atoms with van der Waals surface area (Å²) in [6, 6.07) is 4.07. The molecule has 1 unspecified atom stereocenters. The van der Waals surface area contributed by atoms with Gasteiger partial charge in [-0.1, -0.05) is 6.07 Å². The number of hydrogen-bond donors (Lipinski definition) is 3. The van der Waals surface area contributed by atoms with Crippen molar-refractivity contribution in [3.63, 3.8) is 0 Å². The fourth-order valence-electron chi connectivity index (χ4n) is 0.877. The summed E-state index contributed by atoms with van der Waals surface area (Å²) in [5.74, 6) is -0.488. The fraction of sp³-hybridized carbons (Fsp3) is 0.143. The summed E-state index contributed by atoms with van der Waals surface area (Å²) in [7, 11) is 0. The van der Waals surface area contributed by atoms with Crippen LogP contribution in [-0.2, 0) is 17.8 Å². The first kappa shape index (κ1) is 10.1. The molecule has 0 aliphatic rings. The Morgan fingerprint density at radius 2 is 2.31 bits per heavy atom. The van der Waals surface area contributed by atoms with Gasteiger partial charge in [-0.3, -0.25) is 9.27 Å². The smallest absolute Gasteiger partial charge is 0.259 e. The van der Waals surface area contributed by atoms with Crippen LogP contribution in [-0.4, -0.2) is 8.76 Å². The standard InChI is InChI=1S/C7H9FN2O2S/c8-7-3-6(10-13(11)12)2-1-5(7)4-9/h1-3,10H,4,9H2,(H,11,12). The zero-order valence-electron chi connectivity index (χ0n) is 6.66. The van der Waals surface area contributed by atoms with E-state index in [0.29, 0.717) is 5.56 Å². The molecule has 0 spiro atoms. The Bertz CT molecular complexity index is 332. The summed E-state index contributed by atoms with van der Waals surface area (Å²) < 4.78 is 33.9. The van der Waals surface area contributed by atoms with Gasteiger partial charge < -0.3 is 5.73 Å². The van der Waals surface area contributed by atoms with E-state index in [1.54, 1.807) is 0 Å². The van der Waals surface area contributed by atoms with Crippen LogP contribution in [0.2, 0.25) is 0 Å². The molecule has 1 aromatic carbocycles. The summed E-state index contributed by atoms with van der Waals surface area (Å²) >= 11 is -2.18. The average Bonchev–Trinajstić information content (AvgIpc) is 2.03. The highest BCUT2D eigenvalue weighted by Gasteiger charge is 2.02. The quantitative estimate of drug-likeness (QED) is 0.638. The van der Waals surface area contributed by atoms with Crippen LogP contribution in [0.1, 0.15) is 5.56 Å². The lowest BCUT2D eigenvalue weighted by atomic mass is 10.2. The predicted molar refractivity (Wildman–Crippen MR) is 48.7 cm³/mol. The zero-order chi connectivity index (χ0) is 9.84. The number of halogens is 1. The van der Waals surface area contributed by atoms with Crippen LogP contribution < -0.4 is 10.5 Å². The second kappa shape index (κ2) is 4.31. The number of nitrogens with one attached hydrogen (secondary N) is 1. The first-order valence-electron chi connectivity index (χ1n) is 3.49. The molecule has 1 atom stereocenters. The van der Waals surface area contributed by atoms with Crippen LogP contribution in [0.25, 0.3) is 0 Å². The van der Waals surface area contributed by atoms with Gasteiger partial charge in [-0.2, -0.15) is 0 Å². The van der Waals surface area contributed by atoms with Crippen LogP contribution in [0, 0.1) is 5.82 Å². The lowest BCUT2D eigenvalue weighted by molar-refractivity contribution is 0.570. The maximum atomic E-state index is 13.0. The molecule has 1 rings (SSSR count). The first-order chi connectivity index (χ1) is 6.13. The molecule has 0 aromatic heterocycles. The molecule has 0 bridgehead atoms. The summed E-state index contributed by atoms with van der Waals surface area (Å²) in [4.78, 5) is 0. The maximum absolute atomic E-state index is 13.0. The van der Waals surface area contributed by atoms with E-state index in [0.717, 1.165) is 6.07 Å². The van der Waals surface area contributed by atoms with Crippen molar-refractivity contribution in [2.45, 2.75) is 6.54 Å². The van der Waals surface area contributed by atoms with Gasteiger partial charge in [0, 0.05) is 12.1 Å². The molecule has 0 saturated carbocycles. The zero-order valence-corrected chi connectivity index (χ0v) is 7.47. The highest BCUT2D eigenvalue weighted by Crippen LogP contribution is 2.14. The Morgan fingerprint density at radius 1 is 1.62 bits per heavy atom. The third-order valence-corrected chi connectivity index (χ3v) is 1.89. The van der Waals surface area contributed by atoms with E-state index < -0.39 is 17.1 Å². The minimum Gasteiger partial charge on any atom is -0.326 e. The molecule has 0 amide bonds. The molecule has 0 heterocycles. The van der Waals surface area contributed by atoms with Crippen molar-refractivity contribution in [3.8, 4) is 0 Å². The van der Waals surface area contributed by atoms with Crippen molar-refractivity contribution in [2.24, 2.45) is 5.73 Å². The van der Waals surface area contributed by atoms with Gasteiger partial charge in [0.15, 0.2) is 0 Å². The Balaban J connectivity index is 2.89. The van der Waals surface area contributed by atoms with Gasteiger partial charge in [-0.15, -0.1) is 0 Å². The van der Waals surface area contributed by atoms with E-state index >= 15 is 0 Å². The van der Waals surface area contributed by atoms with Crippen molar-refractivity contribution in [1.29, 1.82) is 0 Å². The second-order valence-corrected chi connectivity index (χ2v) is 3.06. The van der Waals surface area contributed by atoms with Crippen LogP contribution >= 0.6 is 0 Å². The third-order valence-electron chi connectivity index (χ3n) is 1.48. The van der Waals surface area contributed by atoms with E-state index in [9.17, 15) is 8.60 Å². The summed E-state index contributed by atoms with van der Waals surface area (Å²) in [6.07, 6.45) is 0. The van der Waals surface area contributed by atoms with Gasteiger partial charge >= 0.3 is 0 Å². The molecule has 0 fully saturated rings. The molecular weight excluding hydrogens is 195 g/mol. The van der Waals surface area contributed by atoms with Gasteiger partial charge in [0.1, 0.15) is 5.82 Å². The summed E-state index contributed by atoms with van der Waals surface area (Å²) in [5.41, 5.74) is 5.85. The lowest BCUT2D eigenvalue weighted by Gasteiger charge is -2.03. The largest absolute Gasteiger partial charge is 0.326 e. The minimum absolute atomic E-state index is 0.105. The van der Waals surface area contributed by atoms with Gasteiger partial charge in [0.2, 0.25) is 0 Å². The highest BCUT2D eigenvalue weighted by molar-refractivity contribution is 7.80. The van der Waals surface area contributed by atoms with Crippen molar-refractivity contribution < 1.29 is 13.2 Å². The van der Waals surface area contributed by atoms with Gasteiger partial charge in [-0.05, 0) is 12.1 Å². The molecule has 72 valence electrons. The van der Waals surface area contributed by atoms with Crippen molar-refractivity contribution in [2.75, 3.05) is 4.72 Å². The Morgan fingerprint density at radius 3 is 2.77 bits per heavy atom. The Labute approximate surface area is 77.4 Å². The average molecular weight is 204 g/mol. The molecule has 1 aromatic rings. The lowest BCUT2D eigenvalue weighted by Crippen LogP contribution is -2.04. The van der Waals surface area contributed by atoms with Crippen LogP contribution in [0.4, 0.5) is 10.1 Å². The SMILES string of the molecule is NCc1ccc(NS(=O)O)cc1F. The molecule has 0 saturated heterocycles. The normalized spacial score (nSPS) is 12.5. The van der Waals surface area contributed by atoms with Crippen molar-refractivity contribution in [3.05, 3.63) is 29.6 Å². The van der Waals surface area contributed by atoms with Crippen LogP contribution in [0.3, 0.4) is 0 Å². The third kappa shape index (κ3) is 2.76. The van der Waals surface area contributed by atoms with Gasteiger partial charge in [0.05, 0.1) is 5.69 Å². The van der Waals surface area contributed by atoms with E-state index in [1.807, 2.05) is 0 Å². The molecule has 0 aliphatic carbocycles. The monoisotopic (exact) mass is 204 g/mol. The van der Waals surface area contributed by atoms with E-state index in [2.05, 4.69) is 4.72 Å². The van der Waals surface area contributed by atoms with Crippen LogP contribution in [0.5, 0.6) is 0 Å². The minimum atomic E-state index is -2.18. The number of hydrogen-bond acceptors (Lipinski definition) is 2. The predicted octanol–water partition coefficient (Wildman–Crippen LogP) is 0.833. The number of anilines is 1. The van der Waals surface area contributed by atoms with E-state index in [1.165, 1.54) is 12.1 Å². The first-order valence-corrected chi connectivity index (χ1v) is 4.60. The molecule has 0 radical (unpaired) electrons. The Hall–Kier alpha value is -0.980. The summed E-state index contributed by atoms with van der Waals surface area (Å²) in [6.45, 7) is 0.105. The van der Waals surface area contributed by atoms with Crippen molar-refractivity contribution >= 4 is 17.0 Å². The van der Waals surface area contributed by atoms with Crippen molar-refractivity contribution in [1.82, 2.24) is 0 Å². The number of benzene rings is 1.